The molecule has 1 aromatic heterocycles. The van der Waals surface area contributed by atoms with E-state index in [-0.39, 0.29) is 11.3 Å². The summed E-state index contributed by atoms with van der Waals surface area (Å²) in [6.07, 6.45) is 0.362. The average molecular weight is 379 g/mol. The number of benzene rings is 2. The minimum atomic E-state index is -1.04. The van der Waals surface area contributed by atoms with E-state index in [1.54, 1.807) is 48.5 Å². The second kappa shape index (κ2) is 8.21. The van der Waals surface area contributed by atoms with Gasteiger partial charge in [-0.25, -0.2) is 9.48 Å². The van der Waals surface area contributed by atoms with Gasteiger partial charge in [0.2, 0.25) is 0 Å². The van der Waals surface area contributed by atoms with Crippen molar-refractivity contribution >= 4 is 23.3 Å². The van der Waals surface area contributed by atoms with Crippen LogP contribution in [0.3, 0.4) is 0 Å². The molecule has 0 aliphatic carbocycles. The highest BCUT2D eigenvalue weighted by molar-refractivity contribution is 5.99. The Hall–Kier alpha value is -3.88. The fourth-order valence-electron chi connectivity index (χ4n) is 2.40. The van der Waals surface area contributed by atoms with E-state index < -0.39 is 18.0 Å². The molecule has 9 nitrogen and oxygen atoms in total. The highest BCUT2D eigenvalue weighted by Crippen LogP contribution is 2.14. The van der Waals surface area contributed by atoms with Gasteiger partial charge in [0.15, 0.2) is 11.9 Å². The summed E-state index contributed by atoms with van der Waals surface area (Å²) in [5.41, 5.74) is 1.76. The first-order valence-corrected chi connectivity index (χ1v) is 8.40. The zero-order chi connectivity index (χ0) is 20.1. The molecule has 0 saturated heterocycles. The fourth-order valence-corrected chi connectivity index (χ4v) is 2.40. The first-order chi connectivity index (χ1) is 13.4. The summed E-state index contributed by atoms with van der Waals surface area (Å²) in [4.78, 5) is 36.1. The molecule has 3 rings (SSSR count). The molecule has 0 spiro atoms. The number of hydrogen-bond acceptors (Lipinski definition) is 7. The molecule has 0 aliphatic rings. The average Bonchev–Trinajstić information content (AvgIpc) is 3.23. The van der Waals surface area contributed by atoms with Crippen molar-refractivity contribution < 1.29 is 19.1 Å². The van der Waals surface area contributed by atoms with Crippen LogP contribution in [-0.4, -0.2) is 44.0 Å². The summed E-state index contributed by atoms with van der Waals surface area (Å²) in [7, 11) is 0. The van der Waals surface area contributed by atoms with Gasteiger partial charge in [-0.15, -0.1) is 5.10 Å². The molecule has 28 heavy (non-hydrogen) atoms. The van der Waals surface area contributed by atoms with Crippen molar-refractivity contribution in [3.63, 3.8) is 0 Å². The van der Waals surface area contributed by atoms with Crippen molar-refractivity contribution in [1.82, 2.24) is 20.2 Å². The maximum atomic E-state index is 12.4. The third kappa shape index (κ3) is 4.44. The molecule has 142 valence electrons. The van der Waals surface area contributed by atoms with Gasteiger partial charge in [-0.05, 0) is 54.6 Å². The van der Waals surface area contributed by atoms with Crippen LogP contribution < -0.4 is 5.32 Å². The Morgan fingerprint density at radius 2 is 1.82 bits per heavy atom. The lowest BCUT2D eigenvalue weighted by atomic mass is 10.1. The zero-order valence-electron chi connectivity index (χ0n) is 15.2. The Morgan fingerprint density at radius 3 is 2.54 bits per heavy atom. The summed E-state index contributed by atoms with van der Waals surface area (Å²) in [5.74, 6) is -1.28. The van der Waals surface area contributed by atoms with E-state index >= 15 is 0 Å². The summed E-state index contributed by atoms with van der Waals surface area (Å²) in [6.45, 7) is 2.90. The second-order valence-corrected chi connectivity index (χ2v) is 5.98. The van der Waals surface area contributed by atoms with Gasteiger partial charge in [-0.1, -0.05) is 18.2 Å². The van der Waals surface area contributed by atoms with Crippen molar-refractivity contribution in [3.8, 4) is 5.69 Å². The smallest absolute Gasteiger partial charge is 0.338 e. The van der Waals surface area contributed by atoms with Gasteiger partial charge in [-0.2, -0.15) is 0 Å². The Bertz CT molecular complexity index is 1020. The van der Waals surface area contributed by atoms with Crippen LogP contribution in [0.15, 0.2) is 54.9 Å². The van der Waals surface area contributed by atoms with E-state index in [0.29, 0.717) is 16.9 Å². The van der Waals surface area contributed by atoms with Crippen molar-refractivity contribution in [2.75, 3.05) is 5.32 Å². The summed E-state index contributed by atoms with van der Waals surface area (Å²) < 4.78 is 6.64. The number of Topliss-reactive ketones (excluding diaryl/α,β-unsaturated/α-hetero) is 1. The van der Waals surface area contributed by atoms with E-state index in [4.69, 9.17) is 4.74 Å². The highest BCUT2D eigenvalue weighted by atomic mass is 16.5. The molecule has 0 radical (unpaired) electrons. The van der Waals surface area contributed by atoms with Crippen LogP contribution in [0.5, 0.6) is 0 Å². The molecule has 0 bridgehead atoms. The number of ether oxygens (including phenoxy) is 1. The van der Waals surface area contributed by atoms with Gasteiger partial charge in [0.1, 0.15) is 6.33 Å². The Labute approximate surface area is 160 Å². The number of nitrogens with zero attached hydrogens (tertiary/aromatic N) is 4. The molecular formula is C19H17N5O4. The van der Waals surface area contributed by atoms with Crippen molar-refractivity contribution in [3.05, 3.63) is 66.0 Å². The summed E-state index contributed by atoms with van der Waals surface area (Å²) >= 11 is 0. The normalized spacial score (nSPS) is 11.5. The number of carbonyl (C=O) groups excluding carboxylic acids is 3. The number of esters is 1. The first-order valence-electron chi connectivity index (χ1n) is 8.40. The van der Waals surface area contributed by atoms with Gasteiger partial charge in [0.05, 0.1) is 11.3 Å². The number of amides is 1. The molecule has 3 aromatic rings. The Kier molecular flexibility index (Phi) is 5.54. The molecule has 9 heteroatoms. The number of nitrogens with one attached hydrogen (secondary N) is 1. The lowest BCUT2D eigenvalue weighted by molar-refractivity contribution is -0.123. The summed E-state index contributed by atoms with van der Waals surface area (Å²) in [6, 6.07) is 13.0. The van der Waals surface area contributed by atoms with Crippen molar-refractivity contribution in [2.45, 2.75) is 20.0 Å². The lowest BCUT2D eigenvalue weighted by Gasteiger charge is -2.14. The second-order valence-electron chi connectivity index (χ2n) is 5.98. The van der Waals surface area contributed by atoms with Crippen LogP contribution in [-0.2, 0) is 9.53 Å². The Morgan fingerprint density at radius 1 is 1.07 bits per heavy atom. The maximum Gasteiger partial charge on any atom is 0.338 e. The first kappa shape index (κ1) is 18.9. The zero-order valence-corrected chi connectivity index (χ0v) is 15.2. The van der Waals surface area contributed by atoms with Crippen molar-refractivity contribution in [2.24, 2.45) is 0 Å². The molecule has 1 amide bonds. The number of hydrogen-bond donors (Lipinski definition) is 1. The minimum Gasteiger partial charge on any atom is -0.449 e. The van der Waals surface area contributed by atoms with E-state index in [1.165, 1.54) is 24.9 Å². The largest absolute Gasteiger partial charge is 0.449 e. The molecule has 1 heterocycles. The summed E-state index contributed by atoms with van der Waals surface area (Å²) in [5, 5.41) is 13.5. The van der Waals surface area contributed by atoms with Crippen LogP contribution >= 0.6 is 0 Å². The van der Waals surface area contributed by atoms with E-state index in [9.17, 15) is 14.4 Å². The molecule has 0 unspecified atom stereocenters. The number of aromatic nitrogens is 4. The lowest BCUT2D eigenvalue weighted by Crippen LogP contribution is -2.30. The van der Waals surface area contributed by atoms with Crippen LogP contribution in [0.25, 0.3) is 5.69 Å². The third-order valence-corrected chi connectivity index (χ3v) is 3.89. The number of ketones is 1. The standard InChI is InChI=1S/C19H17N5O4/c1-12(25)14-5-3-7-16(9-14)21-18(26)13(2)28-19(27)15-6-4-8-17(10-15)24-11-20-22-23-24/h3-11,13H,1-2H3,(H,21,26)/t13-/m0/s1. The predicted molar refractivity (Wildman–Crippen MR) is 99.1 cm³/mol. The highest BCUT2D eigenvalue weighted by Gasteiger charge is 2.19. The van der Waals surface area contributed by atoms with E-state index in [1.807, 2.05) is 0 Å². The SMILES string of the molecule is CC(=O)c1cccc(NC(=O)[C@H](C)OC(=O)c2cccc(-n3cnnn3)c2)c1. The van der Waals surface area contributed by atoms with Crippen LogP contribution in [0.2, 0.25) is 0 Å². The van der Waals surface area contributed by atoms with Gasteiger partial charge < -0.3 is 10.1 Å². The van der Waals surface area contributed by atoms with Gasteiger partial charge in [0.25, 0.3) is 5.91 Å². The molecule has 0 aliphatic heterocycles. The van der Waals surface area contributed by atoms with Crippen molar-refractivity contribution in [1.29, 1.82) is 0 Å². The van der Waals surface area contributed by atoms with Crippen LogP contribution in [0.1, 0.15) is 34.6 Å². The van der Waals surface area contributed by atoms with E-state index in [2.05, 4.69) is 20.8 Å². The van der Waals surface area contributed by atoms with Gasteiger partial charge >= 0.3 is 5.97 Å². The van der Waals surface area contributed by atoms with Crippen LogP contribution in [0.4, 0.5) is 5.69 Å². The molecule has 2 aromatic carbocycles. The van der Waals surface area contributed by atoms with Gasteiger partial charge in [0, 0.05) is 11.3 Å². The molecular weight excluding hydrogens is 362 g/mol. The number of carbonyl (C=O) groups is 3. The van der Waals surface area contributed by atoms with Crippen LogP contribution in [0, 0.1) is 0 Å². The quantitative estimate of drug-likeness (QED) is 0.515. The fraction of sp³-hybridized carbons (Fsp3) is 0.158. The molecule has 1 N–H and O–H groups in total. The number of tetrazole rings is 1. The Balaban J connectivity index is 1.65. The number of rotatable bonds is 6. The molecule has 1 atom stereocenters. The van der Waals surface area contributed by atoms with E-state index in [0.717, 1.165) is 0 Å². The number of anilines is 1. The monoisotopic (exact) mass is 379 g/mol. The van der Waals surface area contributed by atoms with Gasteiger partial charge in [-0.3, -0.25) is 9.59 Å². The predicted octanol–water partition coefficient (Wildman–Crippen LogP) is 2.05. The maximum absolute atomic E-state index is 12.4. The molecule has 0 fully saturated rings. The third-order valence-electron chi connectivity index (χ3n) is 3.89. The topological polar surface area (TPSA) is 116 Å². The molecule has 0 saturated carbocycles. The minimum absolute atomic E-state index is 0.113.